The van der Waals surface area contributed by atoms with E-state index in [0.29, 0.717) is 6.42 Å². The summed E-state index contributed by atoms with van der Waals surface area (Å²) in [6.07, 6.45) is -4.78. The molecule has 0 saturated heterocycles. The standard InChI is InChI=1S/C8H8F3N2/c1-2-7(5-12,6-13)3-4-8(9,10)11/h3H,2,4H2,1H3. The van der Waals surface area contributed by atoms with Crippen molar-refractivity contribution in [2.75, 3.05) is 0 Å². The van der Waals surface area contributed by atoms with Crippen molar-refractivity contribution in [3.05, 3.63) is 6.42 Å². The Labute approximate surface area is 74.6 Å². The first-order chi connectivity index (χ1) is 5.89. The third-order valence-corrected chi connectivity index (χ3v) is 1.64. The summed E-state index contributed by atoms with van der Waals surface area (Å²) >= 11 is 0. The highest BCUT2D eigenvalue weighted by Crippen LogP contribution is 2.31. The lowest BCUT2D eigenvalue weighted by Crippen LogP contribution is -2.20. The second kappa shape index (κ2) is 4.13. The van der Waals surface area contributed by atoms with Crippen LogP contribution < -0.4 is 0 Å². The van der Waals surface area contributed by atoms with Gasteiger partial charge in [0.2, 0.25) is 0 Å². The first-order valence-electron chi connectivity index (χ1n) is 3.63. The Balaban J connectivity index is 4.33. The van der Waals surface area contributed by atoms with Gasteiger partial charge in [-0.05, 0) is 6.42 Å². The van der Waals surface area contributed by atoms with Crippen LogP contribution in [0.1, 0.15) is 19.8 Å². The van der Waals surface area contributed by atoms with Gasteiger partial charge in [0.15, 0.2) is 0 Å². The first kappa shape index (κ1) is 11.8. The number of nitrogens with zero attached hydrogens (tertiary/aromatic N) is 2. The molecule has 0 N–H and O–H groups in total. The molecule has 0 aliphatic heterocycles. The highest BCUT2D eigenvalue weighted by Gasteiger charge is 2.35. The third kappa shape index (κ3) is 3.80. The Morgan fingerprint density at radius 1 is 1.23 bits per heavy atom. The third-order valence-electron chi connectivity index (χ3n) is 1.64. The van der Waals surface area contributed by atoms with Crippen molar-refractivity contribution < 1.29 is 13.2 Å². The fraction of sp³-hybridized carbons (Fsp3) is 0.625. The molecule has 0 aromatic carbocycles. The highest BCUT2D eigenvalue weighted by atomic mass is 19.4. The minimum absolute atomic E-state index is 0.0656. The predicted molar refractivity (Wildman–Crippen MR) is 38.9 cm³/mol. The van der Waals surface area contributed by atoms with Crippen LogP contribution in [0.3, 0.4) is 0 Å². The first-order valence-corrected chi connectivity index (χ1v) is 3.63. The summed E-state index contributed by atoms with van der Waals surface area (Å²) in [5.41, 5.74) is -1.60. The van der Waals surface area contributed by atoms with Crippen molar-refractivity contribution in [3.63, 3.8) is 0 Å². The number of halogens is 3. The molecule has 0 rings (SSSR count). The molecule has 71 valence electrons. The van der Waals surface area contributed by atoms with Gasteiger partial charge in [-0.1, -0.05) is 6.92 Å². The molecular formula is C8H8F3N2. The zero-order valence-corrected chi connectivity index (χ0v) is 7.02. The predicted octanol–water partition coefficient (Wildman–Crippen LogP) is 2.59. The van der Waals surface area contributed by atoms with E-state index in [0.717, 1.165) is 0 Å². The topological polar surface area (TPSA) is 47.6 Å². The Morgan fingerprint density at radius 3 is 1.92 bits per heavy atom. The van der Waals surface area contributed by atoms with Crippen molar-refractivity contribution in [2.24, 2.45) is 5.41 Å². The van der Waals surface area contributed by atoms with E-state index in [-0.39, 0.29) is 6.42 Å². The quantitative estimate of drug-likeness (QED) is 0.684. The summed E-state index contributed by atoms with van der Waals surface area (Å²) in [6, 6.07) is 3.14. The minimum atomic E-state index is -4.35. The molecule has 1 radical (unpaired) electrons. The van der Waals surface area contributed by atoms with E-state index in [2.05, 4.69) is 0 Å². The number of hydrogen-bond acceptors (Lipinski definition) is 2. The molecule has 0 aromatic rings. The van der Waals surface area contributed by atoms with E-state index >= 15 is 0 Å². The van der Waals surface area contributed by atoms with Crippen LogP contribution in [-0.2, 0) is 0 Å². The Bertz CT molecular complexity index is 230. The van der Waals surface area contributed by atoms with Crippen LogP contribution in [0.2, 0.25) is 0 Å². The van der Waals surface area contributed by atoms with Gasteiger partial charge in [0.25, 0.3) is 0 Å². The lowest BCUT2D eigenvalue weighted by Gasteiger charge is -2.16. The molecule has 0 saturated carbocycles. The molecule has 0 bridgehead atoms. The summed E-state index contributed by atoms with van der Waals surface area (Å²) < 4.78 is 35.2. The Kier molecular flexibility index (Phi) is 3.74. The van der Waals surface area contributed by atoms with E-state index in [1.54, 1.807) is 12.1 Å². The largest absolute Gasteiger partial charge is 0.389 e. The molecule has 0 fully saturated rings. The number of rotatable bonds is 3. The van der Waals surface area contributed by atoms with E-state index in [1.807, 2.05) is 0 Å². The molecule has 0 atom stereocenters. The smallest absolute Gasteiger partial charge is 0.197 e. The Hall–Kier alpha value is -1.23. The van der Waals surface area contributed by atoms with Crippen molar-refractivity contribution in [2.45, 2.75) is 25.9 Å². The van der Waals surface area contributed by atoms with Gasteiger partial charge in [0, 0.05) is 12.8 Å². The molecule has 5 heteroatoms. The van der Waals surface area contributed by atoms with Gasteiger partial charge >= 0.3 is 6.18 Å². The highest BCUT2D eigenvalue weighted by molar-refractivity contribution is 5.20. The summed E-state index contributed by atoms with van der Waals surface area (Å²) in [5.74, 6) is 0. The van der Waals surface area contributed by atoms with Crippen molar-refractivity contribution in [1.29, 1.82) is 10.5 Å². The maximum Gasteiger partial charge on any atom is 0.389 e. The SMILES string of the molecule is CCC(C#N)(C#N)[CH]CC(F)(F)F. The molecule has 0 aromatic heterocycles. The van der Waals surface area contributed by atoms with Crippen LogP contribution in [0.4, 0.5) is 13.2 Å². The van der Waals surface area contributed by atoms with Crippen LogP contribution in [-0.4, -0.2) is 6.18 Å². The maximum absolute atomic E-state index is 11.7. The van der Waals surface area contributed by atoms with Crippen molar-refractivity contribution in [3.8, 4) is 12.1 Å². The molecule has 0 aliphatic rings. The van der Waals surface area contributed by atoms with E-state index in [1.165, 1.54) is 6.92 Å². The van der Waals surface area contributed by atoms with Crippen LogP contribution in [0.5, 0.6) is 0 Å². The van der Waals surface area contributed by atoms with Gasteiger partial charge in [-0.2, -0.15) is 23.7 Å². The number of alkyl halides is 3. The van der Waals surface area contributed by atoms with Crippen LogP contribution in [0, 0.1) is 34.5 Å². The van der Waals surface area contributed by atoms with Crippen LogP contribution >= 0.6 is 0 Å². The van der Waals surface area contributed by atoms with Gasteiger partial charge in [-0.15, -0.1) is 0 Å². The van der Waals surface area contributed by atoms with E-state index in [4.69, 9.17) is 10.5 Å². The van der Waals surface area contributed by atoms with Gasteiger partial charge in [0.05, 0.1) is 12.1 Å². The summed E-state index contributed by atoms with van der Waals surface area (Å²) in [7, 11) is 0. The lowest BCUT2D eigenvalue weighted by molar-refractivity contribution is -0.129. The van der Waals surface area contributed by atoms with Gasteiger partial charge < -0.3 is 0 Å². The van der Waals surface area contributed by atoms with Gasteiger partial charge in [-0.3, -0.25) is 0 Å². The average molecular weight is 189 g/mol. The molecule has 0 spiro atoms. The molecule has 0 unspecified atom stereocenters. The summed E-state index contributed by atoms with van der Waals surface area (Å²) in [5, 5.41) is 17.0. The fourth-order valence-electron chi connectivity index (χ4n) is 0.709. The number of hydrogen-bond donors (Lipinski definition) is 0. The monoisotopic (exact) mass is 189 g/mol. The summed E-state index contributed by atoms with van der Waals surface area (Å²) in [6.45, 7) is 1.50. The molecule has 13 heavy (non-hydrogen) atoms. The van der Waals surface area contributed by atoms with Gasteiger partial charge in [0.1, 0.15) is 5.41 Å². The van der Waals surface area contributed by atoms with Gasteiger partial charge in [-0.25, -0.2) is 0 Å². The zero-order chi connectivity index (χ0) is 10.5. The van der Waals surface area contributed by atoms with Crippen LogP contribution in [0.25, 0.3) is 0 Å². The molecule has 0 heterocycles. The zero-order valence-electron chi connectivity index (χ0n) is 7.02. The second-order valence-electron chi connectivity index (χ2n) is 2.57. The lowest BCUT2D eigenvalue weighted by atomic mass is 9.84. The Morgan fingerprint density at radius 2 is 1.69 bits per heavy atom. The molecule has 0 amide bonds. The average Bonchev–Trinajstić information content (AvgIpc) is 2.06. The maximum atomic E-state index is 11.7. The molecule has 0 aliphatic carbocycles. The number of nitriles is 2. The normalized spacial score (nSPS) is 11.8. The fourth-order valence-corrected chi connectivity index (χ4v) is 0.709. The summed E-state index contributed by atoms with van der Waals surface area (Å²) in [4.78, 5) is 0. The van der Waals surface area contributed by atoms with Crippen molar-refractivity contribution >= 4 is 0 Å². The van der Waals surface area contributed by atoms with Crippen LogP contribution in [0.15, 0.2) is 0 Å². The van der Waals surface area contributed by atoms with E-state index < -0.39 is 18.0 Å². The molecular weight excluding hydrogens is 181 g/mol. The minimum Gasteiger partial charge on any atom is -0.197 e. The van der Waals surface area contributed by atoms with E-state index in [9.17, 15) is 13.2 Å². The molecule has 2 nitrogen and oxygen atoms in total. The second-order valence-corrected chi connectivity index (χ2v) is 2.57. The van der Waals surface area contributed by atoms with Crippen molar-refractivity contribution in [1.82, 2.24) is 0 Å².